The summed E-state index contributed by atoms with van der Waals surface area (Å²) in [6.07, 6.45) is 2.54. The van der Waals surface area contributed by atoms with Crippen LogP contribution in [0.3, 0.4) is 0 Å². The third kappa shape index (κ3) is 7.68. The first kappa shape index (κ1) is 26.5. The number of aliphatic hydroxyl groups excluding tert-OH is 1. The molecule has 0 saturated carbocycles. The number of para-hydroxylation sites is 2. The van der Waals surface area contributed by atoms with Crippen molar-refractivity contribution in [3.05, 3.63) is 103 Å². The van der Waals surface area contributed by atoms with Crippen molar-refractivity contribution < 1.29 is 18.3 Å². The van der Waals surface area contributed by atoms with E-state index in [1.165, 1.54) is 9.87 Å². The third-order valence-electron chi connectivity index (χ3n) is 5.52. The second-order valence-electron chi connectivity index (χ2n) is 8.36. The van der Waals surface area contributed by atoms with Crippen LogP contribution in [-0.4, -0.2) is 45.9 Å². The summed E-state index contributed by atoms with van der Waals surface area (Å²) in [6.45, 7) is 6.68. The first-order valence-corrected chi connectivity index (χ1v) is 13.2. The Morgan fingerprint density at radius 3 is 2.43 bits per heavy atom. The summed E-state index contributed by atoms with van der Waals surface area (Å²) >= 11 is 0. The highest BCUT2D eigenvalue weighted by molar-refractivity contribution is 7.92. The molecule has 3 aromatic carbocycles. The number of hydrogen-bond acceptors (Lipinski definition) is 5. The summed E-state index contributed by atoms with van der Waals surface area (Å²) in [4.78, 5) is 0.157. The Kier molecular flexibility index (Phi) is 9.90. The fourth-order valence-corrected chi connectivity index (χ4v) is 5.20. The first-order chi connectivity index (χ1) is 16.9. The highest BCUT2D eigenvalue weighted by Crippen LogP contribution is 2.32. The van der Waals surface area contributed by atoms with Gasteiger partial charge < -0.3 is 15.2 Å². The quantitative estimate of drug-likeness (QED) is 0.258. The average Bonchev–Trinajstić information content (AvgIpc) is 2.87. The molecule has 0 heterocycles. The van der Waals surface area contributed by atoms with E-state index >= 15 is 0 Å². The highest BCUT2D eigenvalue weighted by Gasteiger charge is 2.29. The fourth-order valence-electron chi connectivity index (χ4n) is 3.68. The molecule has 1 unspecified atom stereocenters. The summed E-state index contributed by atoms with van der Waals surface area (Å²) in [6, 6.07) is 23.8. The molecule has 2 N–H and O–H groups in total. The molecule has 3 rings (SSSR count). The van der Waals surface area contributed by atoms with Crippen LogP contribution in [0.5, 0.6) is 5.75 Å². The van der Waals surface area contributed by atoms with Gasteiger partial charge in [-0.1, -0.05) is 72.8 Å². The Morgan fingerprint density at radius 2 is 1.71 bits per heavy atom. The topological polar surface area (TPSA) is 78.9 Å². The first-order valence-electron chi connectivity index (χ1n) is 11.8. The molecule has 0 aliphatic heterocycles. The van der Waals surface area contributed by atoms with Crippen molar-refractivity contribution >= 4 is 15.7 Å². The van der Waals surface area contributed by atoms with Gasteiger partial charge in [0.05, 0.1) is 23.2 Å². The Balaban J connectivity index is 1.73. The second-order valence-corrected chi connectivity index (χ2v) is 10.2. The molecule has 0 amide bonds. The van der Waals surface area contributed by atoms with Gasteiger partial charge in [0.25, 0.3) is 10.0 Å². The van der Waals surface area contributed by atoms with Gasteiger partial charge >= 0.3 is 0 Å². The van der Waals surface area contributed by atoms with E-state index in [2.05, 4.69) is 24.0 Å². The normalized spacial score (nSPS) is 12.2. The molecule has 0 aliphatic rings. The Hall–Kier alpha value is -3.13. The lowest BCUT2D eigenvalue weighted by atomic mass is 10.1. The average molecular weight is 495 g/mol. The summed E-state index contributed by atoms with van der Waals surface area (Å²) in [5.74, 6) is 0.408. The largest absolute Gasteiger partial charge is 0.487 e. The van der Waals surface area contributed by atoms with Crippen LogP contribution in [0.25, 0.3) is 0 Å². The minimum atomic E-state index is -3.95. The molecule has 6 nitrogen and oxygen atoms in total. The summed E-state index contributed by atoms with van der Waals surface area (Å²) in [5.41, 5.74) is 2.60. The maximum absolute atomic E-state index is 13.7. The number of aliphatic hydroxyl groups is 1. The van der Waals surface area contributed by atoms with Crippen LogP contribution in [0, 0.1) is 6.92 Å². The number of ether oxygens (including phenoxy) is 1. The monoisotopic (exact) mass is 494 g/mol. The van der Waals surface area contributed by atoms with Crippen LogP contribution >= 0.6 is 0 Å². The number of anilines is 1. The molecule has 0 saturated heterocycles. The van der Waals surface area contributed by atoms with Crippen molar-refractivity contribution in [3.8, 4) is 5.75 Å². The van der Waals surface area contributed by atoms with Gasteiger partial charge in [0.1, 0.15) is 12.4 Å². The SMILES string of the molecule is C=CCOc1ccccc1N(CC(O)CNCCCc1ccccc1)S(=O)(=O)c1ccc(C)cc1. The number of nitrogens with one attached hydrogen (secondary N) is 1. The van der Waals surface area contributed by atoms with Crippen molar-refractivity contribution in [2.45, 2.75) is 30.8 Å². The van der Waals surface area contributed by atoms with E-state index in [0.717, 1.165) is 24.9 Å². The zero-order valence-corrected chi connectivity index (χ0v) is 21.0. The number of benzene rings is 3. The van der Waals surface area contributed by atoms with Gasteiger partial charge in [-0.25, -0.2) is 8.42 Å². The predicted octanol–water partition coefficient (Wildman–Crippen LogP) is 4.34. The molecule has 3 aromatic rings. The van der Waals surface area contributed by atoms with Gasteiger partial charge in [-0.3, -0.25) is 4.31 Å². The summed E-state index contributed by atoms with van der Waals surface area (Å²) in [5, 5.41) is 14.0. The maximum Gasteiger partial charge on any atom is 0.264 e. The summed E-state index contributed by atoms with van der Waals surface area (Å²) in [7, 11) is -3.95. The number of sulfonamides is 1. The molecule has 1 atom stereocenters. The molecule has 0 aliphatic carbocycles. The van der Waals surface area contributed by atoms with Crippen LogP contribution < -0.4 is 14.4 Å². The van der Waals surface area contributed by atoms with Gasteiger partial charge in [-0.05, 0) is 56.1 Å². The standard InChI is InChI=1S/C28H34N2O4S/c1-3-20-34-28-14-8-7-13-27(28)30(35(32,33)26-17-15-23(2)16-18-26)22-25(31)21-29-19-9-12-24-10-5-4-6-11-24/h3-8,10-11,13-18,25,29,31H,1,9,12,19-22H2,2H3. The zero-order chi connectivity index (χ0) is 25.1. The van der Waals surface area contributed by atoms with Gasteiger partial charge in [0, 0.05) is 6.54 Å². The lowest BCUT2D eigenvalue weighted by Crippen LogP contribution is -2.42. The number of nitrogens with zero attached hydrogens (tertiary/aromatic N) is 1. The lowest BCUT2D eigenvalue weighted by Gasteiger charge is -2.28. The van der Waals surface area contributed by atoms with E-state index in [1.54, 1.807) is 54.6 Å². The van der Waals surface area contributed by atoms with Gasteiger partial charge in [-0.15, -0.1) is 0 Å². The molecule has 0 fully saturated rings. The fraction of sp³-hybridized carbons (Fsp3) is 0.286. The van der Waals surface area contributed by atoms with E-state index < -0.39 is 16.1 Å². The van der Waals surface area contributed by atoms with Crippen molar-refractivity contribution in [1.82, 2.24) is 5.32 Å². The van der Waals surface area contributed by atoms with Crippen molar-refractivity contribution in [2.75, 3.05) is 30.5 Å². The van der Waals surface area contributed by atoms with E-state index in [9.17, 15) is 13.5 Å². The molecule has 7 heteroatoms. The third-order valence-corrected chi connectivity index (χ3v) is 7.31. The molecule has 0 spiro atoms. The highest BCUT2D eigenvalue weighted by atomic mass is 32.2. The zero-order valence-electron chi connectivity index (χ0n) is 20.1. The lowest BCUT2D eigenvalue weighted by molar-refractivity contribution is 0.180. The number of hydrogen-bond donors (Lipinski definition) is 2. The van der Waals surface area contributed by atoms with Gasteiger partial charge in [-0.2, -0.15) is 0 Å². The number of aryl methyl sites for hydroxylation is 2. The molecule has 0 radical (unpaired) electrons. The van der Waals surface area contributed by atoms with Crippen LogP contribution in [0.1, 0.15) is 17.5 Å². The minimum Gasteiger partial charge on any atom is -0.487 e. The Morgan fingerprint density at radius 1 is 1.03 bits per heavy atom. The van der Waals surface area contributed by atoms with Gasteiger partial charge in [0.15, 0.2) is 0 Å². The van der Waals surface area contributed by atoms with Crippen LogP contribution in [0.15, 0.2) is 96.4 Å². The molecule has 35 heavy (non-hydrogen) atoms. The number of rotatable bonds is 14. The van der Waals surface area contributed by atoms with E-state index in [0.29, 0.717) is 11.4 Å². The molecular weight excluding hydrogens is 460 g/mol. The minimum absolute atomic E-state index is 0.115. The van der Waals surface area contributed by atoms with E-state index in [1.807, 2.05) is 25.1 Å². The smallest absolute Gasteiger partial charge is 0.264 e. The van der Waals surface area contributed by atoms with Crippen LogP contribution in [0.2, 0.25) is 0 Å². The van der Waals surface area contributed by atoms with E-state index in [4.69, 9.17) is 4.74 Å². The molecule has 0 bridgehead atoms. The molecule has 186 valence electrons. The summed E-state index contributed by atoms with van der Waals surface area (Å²) < 4.78 is 34.3. The van der Waals surface area contributed by atoms with E-state index in [-0.39, 0.29) is 24.6 Å². The predicted molar refractivity (Wildman–Crippen MR) is 141 cm³/mol. The van der Waals surface area contributed by atoms with Crippen LogP contribution in [0.4, 0.5) is 5.69 Å². The van der Waals surface area contributed by atoms with Crippen molar-refractivity contribution in [1.29, 1.82) is 0 Å². The Labute approximate surface area is 208 Å². The molecule has 0 aromatic heterocycles. The van der Waals surface area contributed by atoms with Gasteiger partial charge in [0.2, 0.25) is 0 Å². The van der Waals surface area contributed by atoms with Crippen LogP contribution in [-0.2, 0) is 16.4 Å². The Bertz CT molecular complexity index is 1170. The molecular formula is C28H34N2O4S. The van der Waals surface area contributed by atoms with Crippen molar-refractivity contribution in [2.24, 2.45) is 0 Å². The maximum atomic E-state index is 13.7. The van der Waals surface area contributed by atoms with Crippen molar-refractivity contribution in [3.63, 3.8) is 0 Å². The second kappa shape index (κ2) is 13.1.